The first kappa shape index (κ1) is 17.5. The van der Waals surface area contributed by atoms with E-state index in [-0.39, 0.29) is 5.11 Å². The van der Waals surface area contributed by atoms with Gasteiger partial charge in [0, 0.05) is 5.56 Å². The zero-order valence-electron chi connectivity index (χ0n) is 12.9. The molecule has 0 amide bonds. The van der Waals surface area contributed by atoms with E-state index in [4.69, 9.17) is 50.0 Å². The molecule has 8 heteroatoms. The van der Waals surface area contributed by atoms with Gasteiger partial charge in [-0.15, -0.1) is 0 Å². The third-order valence-electron chi connectivity index (χ3n) is 3.30. The summed E-state index contributed by atoms with van der Waals surface area (Å²) in [5.41, 5.74) is 6.50. The van der Waals surface area contributed by atoms with Crippen LogP contribution in [0.2, 0.25) is 10.0 Å². The Morgan fingerprint density at radius 3 is 2.72 bits per heavy atom. The van der Waals surface area contributed by atoms with Crippen molar-refractivity contribution in [3.63, 3.8) is 0 Å². The SMILES string of the molecule is NC(=S)N(Cc1ccco1)/N=C/c1ccc(-c2ccc(Cl)c(Cl)c2)o1. The fourth-order valence-corrected chi connectivity index (χ4v) is 2.49. The molecule has 25 heavy (non-hydrogen) atoms. The number of rotatable bonds is 5. The number of nitrogens with zero attached hydrogens (tertiary/aromatic N) is 2. The molecule has 2 aromatic heterocycles. The van der Waals surface area contributed by atoms with Crippen molar-refractivity contribution in [2.45, 2.75) is 6.54 Å². The van der Waals surface area contributed by atoms with Gasteiger partial charge in [-0.25, -0.2) is 5.01 Å². The van der Waals surface area contributed by atoms with Crippen LogP contribution in [0.25, 0.3) is 11.3 Å². The second-order valence-electron chi connectivity index (χ2n) is 5.05. The van der Waals surface area contributed by atoms with Gasteiger partial charge in [-0.2, -0.15) is 5.10 Å². The zero-order chi connectivity index (χ0) is 17.8. The Labute approximate surface area is 159 Å². The van der Waals surface area contributed by atoms with Crippen molar-refractivity contribution in [2.24, 2.45) is 10.8 Å². The van der Waals surface area contributed by atoms with Crippen LogP contribution in [0.4, 0.5) is 0 Å². The lowest BCUT2D eigenvalue weighted by Crippen LogP contribution is -2.30. The van der Waals surface area contributed by atoms with E-state index in [1.165, 1.54) is 11.2 Å². The summed E-state index contributed by atoms with van der Waals surface area (Å²) >= 11 is 17.0. The highest BCUT2D eigenvalue weighted by Crippen LogP contribution is 2.29. The van der Waals surface area contributed by atoms with E-state index in [0.29, 0.717) is 33.9 Å². The van der Waals surface area contributed by atoms with Gasteiger partial charge in [0.1, 0.15) is 23.8 Å². The average molecular weight is 394 g/mol. The van der Waals surface area contributed by atoms with Crippen molar-refractivity contribution in [3.05, 3.63) is 70.3 Å². The smallest absolute Gasteiger partial charge is 0.187 e. The van der Waals surface area contributed by atoms with Gasteiger partial charge in [-0.3, -0.25) is 0 Å². The van der Waals surface area contributed by atoms with Gasteiger partial charge in [0.2, 0.25) is 0 Å². The third kappa shape index (κ3) is 4.42. The summed E-state index contributed by atoms with van der Waals surface area (Å²) in [6.07, 6.45) is 3.11. The molecule has 128 valence electrons. The second-order valence-corrected chi connectivity index (χ2v) is 6.28. The minimum atomic E-state index is 0.129. The second kappa shape index (κ2) is 7.74. The van der Waals surface area contributed by atoms with Crippen LogP contribution in [0.3, 0.4) is 0 Å². The highest BCUT2D eigenvalue weighted by molar-refractivity contribution is 7.80. The molecule has 0 saturated carbocycles. The van der Waals surface area contributed by atoms with E-state index in [2.05, 4.69) is 5.10 Å². The number of hydrogen-bond acceptors (Lipinski definition) is 4. The predicted octanol–water partition coefficient (Wildman–Crippen LogP) is 4.93. The van der Waals surface area contributed by atoms with Crippen molar-refractivity contribution >= 4 is 46.7 Å². The lowest BCUT2D eigenvalue weighted by molar-refractivity contribution is 0.379. The van der Waals surface area contributed by atoms with E-state index in [1.807, 2.05) is 18.2 Å². The summed E-state index contributed by atoms with van der Waals surface area (Å²) in [6, 6.07) is 12.5. The van der Waals surface area contributed by atoms with Gasteiger partial charge in [-0.1, -0.05) is 23.2 Å². The number of halogens is 2. The predicted molar refractivity (Wildman–Crippen MR) is 103 cm³/mol. The molecule has 0 aliphatic carbocycles. The van der Waals surface area contributed by atoms with Crippen LogP contribution in [0.5, 0.6) is 0 Å². The summed E-state index contributed by atoms with van der Waals surface area (Å²) in [5, 5.41) is 6.77. The molecule has 0 spiro atoms. The lowest BCUT2D eigenvalue weighted by Gasteiger charge is -2.14. The van der Waals surface area contributed by atoms with E-state index >= 15 is 0 Å². The summed E-state index contributed by atoms with van der Waals surface area (Å²) in [5.74, 6) is 1.88. The van der Waals surface area contributed by atoms with Crippen LogP contribution in [-0.2, 0) is 6.54 Å². The van der Waals surface area contributed by atoms with Crippen LogP contribution in [-0.4, -0.2) is 16.3 Å². The molecule has 2 N–H and O–H groups in total. The molecular formula is C17H13Cl2N3O2S. The molecule has 3 aromatic rings. The number of furan rings is 2. The Hall–Kier alpha value is -2.28. The standard InChI is InChI=1S/C17H13Cl2N3O2S/c18-14-5-3-11(8-15(14)19)16-6-4-12(24-16)9-21-22(17(20)25)10-13-2-1-7-23-13/h1-9H,10H2,(H2,20,25)/b21-9+. The van der Waals surface area contributed by atoms with Gasteiger partial charge in [-0.05, 0) is 54.7 Å². The molecule has 3 rings (SSSR count). The molecule has 0 unspecified atom stereocenters. The van der Waals surface area contributed by atoms with Crippen LogP contribution >= 0.6 is 35.4 Å². The Bertz CT molecular complexity index is 907. The van der Waals surface area contributed by atoms with E-state index in [9.17, 15) is 0 Å². The van der Waals surface area contributed by atoms with Gasteiger partial charge >= 0.3 is 0 Å². The van der Waals surface area contributed by atoms with E-state index in [1.54, 1.807) is 30.5 Å². The molecule has 0 aliphatic rings. The van der Waals surface area contributed by atoms with Crippen LogP contribution in [0.1, 0.15) is 11.5 Å². The maximum Gasteiger partial charge on any atom is 0.187 e. The number of hydrazone groups is 1. The molecule has 0 fully saturated rings. The normalized spacial score (nSPS) is 11.1. The van der Waals surface area contributed by atoms with Crippen molar-refractivity contribution < 1.29 is 8.83 Å². The Morgan fingerprint density at radius 1 is 1.20 bits per heavy atom. The zero-order valence-corrected chi connectivity index (χ0v) is 15.2. The fraction of sp³-hybridized carbons (Fsp3) is 0.0588. The monoisotopic (exact) mass is 393 g/mol. The topological polar surface area (TPSA) is 67.9 Å². The summed E-state index contributed by atoms with van der Waals surface area (Å²) < 4.78 is 11.0. The van der Waals surface area contributed by atoms with E-state index < -0.39 is 0 Å². The Kier molecular flexibility index (Phi) is 5.43. The highest BCUT2D eigenvalue weighted by Gasteiger charge is 2.09. The average Bonchev–Trinajstić information content (AvgIpc) is 3.25. The molecule has 2 heterocycles. The van der Waals surface area contributed by atoms with Crippen LogP contribution in [0.15, 0.2) is 62.7 Å². The molecule has 5 nitrogen and oxygen atoms in total. The number of benzene rings is 1. The van der Waals surface area contributed by atoms with E-state index in [0.717, 1.165) is 5.56 Å². The maximum absolute atomic E-state index is 6.03. The molecular weight excluding hydrogens is 381 g/mol. The molecule has 0 aliphatic heterocycles. The fourth-order valence-electron chi connectivity index (χ4n) is 2.08. The van der Waals surface area contributed by atoms with Gasteiger partial charge in [0.05, 0.1) is 22.5 Å². The first-order valence-electron chi connectivity index (χ1n) is 7.21. The quantitative estimate of drug-likeness (QED) is 0.378. The van der Waals surface area contributed by atoms with Crippen molar-refractivity contribution in [2.75, 3.05) is 0 Å². The highest BCUT2D eigenvalue weighted by atomic mass is 35.5. The minimum Gasteiger partial charge on any atom is -0.467 e. The van der Waals surface area contributed by atoms with Crippen LogP contribution < -0.4 is 5.73 Å². The first-order chi connectivity index (χ1) is 12.0. The summed E-state index contributed by atoms with van der Waals surface area (Å²) in [6.45, 7) is 0.333. The Balaban J connectivity index is 1.75. The van der Waals surface area contributed by atoms with Gasteiger partial charge in [0.25, 0.3) is 0 Å². The number of thiocarbonyl (C=S) groups is 1. The largest absolute Gasteiger partial charge is 0.467 e. The number of hydrogen-bond donors (Lipinski definition) is 1. The lowest BCUT2D eigenvalue weighted by atomic mass is 10.2. The molecule has 0 saturated heterocycles. The maximum atomic E-state index is 6.03. The molecule has 0 atom stereocenters. The van der Waals surface area contributed by atoms with Gasteiger partial charge < -0.3 is 14.6 Å². The summed E-state index contributed by atoms with van der Waals surface area (Å²) in [7, 11) is 0. The first-order valence-corrected chi connectivity index (χ1v) is 8.38. The molecule has 1 aromatic carbocycles. The summed E-state index contributed by atoms with van der Waals surface area (Å²) in [4.78, 5) is 0. The Morgan fingerprint density at radius 2 is 2.04 bits per heavy atom. The molecule has 0 radical (unpaired) electrons. The third-order valence-corrected chi connectivity index (χ3v) is 4.25. The van der Waals surface area contributed by atoms with Gasteiger partial charge in [0.15, 0.2) is 5.11 Å². The van der Waals surface area contributed by atoms with Crippen molar-refractivity contribution in [1.82, 2.24) is 5.01 Å². The number of nitrogens with two attached hydrogens (primary N) is 1. The molecule has 0 bridgehead atoms. The minimum absolute atomic E-state index is 0.129. The van der Waals surface area contributed by atoms with Crippen molar-refractivity contribution in [1.29, 1.82) is 0 Å². The van der Waals surface area contributed by atoms with Crippen molar-refractivity contribution in [3.8, 4) is 11.3 Å². The van der Waals surface area contributed by atoms with Crippen LogP contribution in [0, 0.1) is 0 Å².